The van der Waals surface area contributed by atoms with E-state index in [0.717, 1.165) is 25.2 Å². The van der Waals surface area contributed by atoms with Gasteiger partial charge in [0.15, 0.2) is 6.79 Å². The van der Waals surface area contributed by atoms with Gasteiger partial charge in [0.1, 0.15) is 11.5 Å². The first kappa shape index (κ1) is 10.9. The maximum atomic E-state index is 8.51. The molecule has 0 aliphatic heterocycles. The Hall–Kier alpha value is -1.22. The average molecular weight is 196 g/mol. The van der Waals surface area contributed by atoms with E-state index in [9.17, 15) is 0 Å². The Balaban J connectivity index is 2.38. The van der Waals surface area contributed by atoms with Crippen molar-refractivity contribution in [1.29, 1.82) is 0 Å². The summed E-state index contributed by atoms with van der Waals surface area (Å²) in [4.78, 5) is 0. The number of ether oxygens (including phenoxy) is 2. The number of hydrogen-bond donors (Lipinski definition) is 1. The van der Waals surface area contributed by atoms with Gasteiger partial charge in [0.25, 0.3) is 0 Å². The Kier molecular flexibility index (Phi) is 4.86. The zero-order valence-corrected chi connectivity index (χ0v) is 8.40. The standard InChI is InChI=1S/C11H16O3/c1-2-3-8-13-10-4-6-11(7-5-10)14-9-12/h4-7,12H,2-3,8-9H2,1H3. The molecule has 0 unspecified atom stereocenters. The maximum Gasteiger partial charge on any atom is 0.186 e. The molecular formula is C11H16O3. The fourth-order valence-electron chi connectivity index (χ4n) is 1.04. The van der Waals surface area contributed by atoms with Gasteiger partial charge in [-0.1, -0.05) is 13.3 Å². The minimum atomic E-state index is -0.296. The molecule has 3 heteroatoms. The number of hydrogen-bond acceptors (Lipinski definition) is 3. The van der Waals surface area contributed by atoms with Gasteiger partial charge < -0.3 is 14.6 Å². The van der Waals surface area contributed by atoms with E-state index in [4.69, 9.17) is 14.6 Å². The molecule has 0 aliphatic rings. The van der Waals surface area contributed by atoms with Gasteiger partial charge in [-0.15, -0.1) is 0 Å². The molecule has 0 radical (unpaired) electrons. The molecule has 14 heavy (non-hydrogen) atoms. The first-order chi connectivity index (χ1) is 6.86. The van der Waals surface area contributed by atoms with Crippen molar-refractivity contribution in [2.45, 2.75) is 19.8 Å². The van der Waals surface area contributed by atoms with E-state index in [-0.39, 0.29) is 6.79 Å². The molecule has 1 aromatic rings. The molecule has 0 bridgehead atoms. The highest BCUT2D eigenvalue weighted by Crippen LogP contribution is 2.17. The molecule has 0 fully saturated rings. The van der Waals surface area contributed by atoms with E-state index < -0.39 is 0 Å². The van der Waals surface area contributed by atoms with Crippen molar-refractivity contribution in [2.75, 3.05) is 13.4 Å². The van der Waals surface area contributed by atoms with Gasteiger partial charge in [-0.05, 0) is 30.7 Å². The normalized spacial score (nSPS) is 9.86. The highest BCUT2D eigenvalue weighted by Gasteiger charge is 1.94. The molecule has 78 valence electrons. The van der Waals surface area contributed by atoms with Crippen LogP contribution in [0, 0.1) is 0 Å². The van der Waals surface area contributed by atoms with Gasteiger partial charge in [-0.25, -0.2) is 0 Å². The highest BCUT2D eigenvalue weighted by molar-refractivity contribution is 5.31. The number of aliphatic hydroxyl groups is 1. The molecule has 0 spiro atoms. The zero-order chi connectivity index (χ0) is 10.2. The van der Waals surface area contributed by atoms with Crippen molar-refractivity contribution >= 4 is 0 Å². The third kappa shape index (κ3) is 3.66. The minimum absolute atomic E-state index is 0.296. The summed E-state index contributed by atoms with van der Waals surface area (Å²) >= 11 is 0. The molecule has 1 rings (SSSR count). The Bertz CT molecular complexity index is 243. The summed E-state index contributed by atoms with van der Waals surface area (Å²) in [5, 5.41) is 8.51. The smallest absolute Gasteiger partial charge is 0.186 e. The van der Waals surface area contributed by atoms with Crippen LogP contribution in [0.3, 0.4) is 0 Å². The van der Waals surface area contributed by atoms with E-state index in [1.807, 2.05) is 12.1 Å². The van der Waals surface area contributed by atoms with E-state index in [2.05, 4.69) is 6.92 Å². The van der Waals surface area contributed by atoms with Gasteiger partial charge in [0.05, 0.1) is 6.61 Å². The summed E-state index contributed by atoms with van der Waals surface area (Å²) in [5.74, 6) is 1.49. The first-order valence-corrected chi connectivity index (χ1v) is 4.83. The summed E-state index contributed by atoms with van der Waals surface area (Å²) in [6, 6.07) is 7.22. The summed E-state index contributed by atoms with van der Waals surface area (Å²) in [5.41, 5.74) is 0. The second-order valence-corrected chi connectivity index (χ2v) is 2.95. The number of rotatable bonds is 6. The van der Waals surface area contributed by atoms with Crippen LogP contribution in [-0.2, 0) is 0 Å². The number of aliphatic hydroxyl groups excluding tert-OH is 1. The fourth-order valence-corrected chi connectivity index (χ4v) is 1.04. The van der Waals surface area contributed by atoms with E-state index in [0.29, 0.717) is 5.75 Å². The molecule has 1 aromatic carbocycles. The maximum absolute atomic E-state index is 8.51. The van der Waals surface area contributed by atoms with E-state index >= 15 is 0 Å². The third-order valence-electron chi connectivity index (χ3n) is 1.82. The van der Waals surface area contributed by atoms with Gasteiger partial charge in [-0.2, -0.15) is 0 Å². The molecule has 1 N–H and O–H groups in total. The molecule has 0 heterocycles. The van der Waals surface area contributed by atoms with Crippen LogP contribution >= 0.6 is 0 Å². The van der Waals surface area contributed by atoms with Crippen molar-refractivity contribution in [3.63, 3.8) is 0 Å². The lowest BCUT2D eigenvalue weighted by Gasteiger charge is -2.06. The quantitative estimate of drug-likeness (QED) is 0.560. The molecule has 0 saturated carbocycles. The Labute approximate surface area is 84.3 Å². The second kappa shape index (κ2) is 6.27. The van der Waals surface area contributed by atoms with Crippen molar-refractivity contribution < 1.29 is 14.6 Å². The van der Waals surface area contributed by atoms with Crippen molar-refractivity contribution in [3.8, 4) is 11.5 Å². The Morgan fingerprint density at radius 1 is 1.07 bits per heavy atom. The molecule has 0 atom stereocenters. The van der Waals surface area contributed by atoms with Crippen LogP contribution < -0.4 is 9.47 Å². The second-order valence-electron chi connectivity index (χ2n) is 2.95. The Morgan fingerprint density at radius 3 is 2.14 bits per heavy atom. The molecular weight excluding hydrogens is 180 g/mol. The summed E-state index contributed by atoms with van der Waals surface area (Å²) in [6.45, 7) is 2.58. The Morgan fingerprint density at radius 2 is 1.64 bits per heavy atom. The van der Waals surface area contributed by atoms with Gasteiger partial charge in [-0.3, -0.25) is 0 Å². The van der Waals surface area contributed by atoms with Gasteiger partial charge in [0.2, 0.25) is 0 Å². The van der Waals surface area contributed by atoms with Crippen LogP contribution in [-0.4, -0.2) is 18.5 Å². The van der Waals surface area contributed by atoms with Crippen LogP contribution in [0.4, 0.5) is 0 Å². The lowest BCUT2D eigenvalue weighted by Crippen LogP contribution is -1.97. The van der Waals surface area contributed by atoms with Gasteiger partial charge >= 0.3 is 0 Å². The van der Waals surface area contributed by atoms with Crippen LogP contribution in [0.1, 0.15) is 19.8 Å². The lowest BCUT2D eigenvalue weighted by atomic mass is 10.3. The first-order valence-electron chi connectivity index (χ1n) is 4.83. The molecule has 0 amide bonds. The highest BCUT2D eigenvalue weighted by atomic mass is 16.6. The molecule has 0 saturated heterocycles. The largest absolute Gasteiger partial charge is 0.494 e. The number of benzene rings is 1. The molecule has 3 nitrogen and oxygen atoms in total. The van der Waals surface area contributed by atoms with Crippen molar-refractivity contribution in [2.24, 2.45) is 0 Å². The average Bonchev–Trinajstić information content (AvgIpc) is 2.21. The number of unbranched alkanes of at least 4 members (excludes halogenated alkanes) is 1. The lowest BCUT2D eigenvalue weighted by molar-refractivity contribution is 0.0984. The fraction of sp³-hybridized carbons (Fsp3) is 0.455. The monoisotopic (exact) mass is 196 g/mol. The molecule has 0 aromatic heterocycles. The summed E-state index contributed by atoms with van der Waals surface area (Å²) < 4.78 is 10.3. The topological polar surface area (TPSA) is 38.7 Å². The van der Waals surface area contributed by atoms with Crippen LogP contribution in [0.25, 0.3) is 0 Å². The summed E-state index contributed by atoms with van der Waals surface area (Å²) in [7, 11) is 0. The predicted molar refractivity (Wildman–Crippen MR) is 54.6 cm³/mol. The van der Waals surface area contributed by atoms with Crippen molar-refractivity contribution in [3.05, 3.63) is 24.3 Å². The SMILES string of the molecule is CCCCOc1ccc(OCO)cc1. The van der Waals surface area contributed by atoms with Crippen molar-refractivity contribution in [1.82, 2.24) is 0 Å². The predicted octanol–water partition coefficient (Wildman–Crippen LogP) is 2.19. The van der Waals surface area contributed by atoms with Crippen LogP contribution in [0.5, 0.6) is 11.5 Å². The van der Waals surface area contributed by atoms with Crippen LogP contribution in [0.15, 0.2) is 24.3 Å². The minimum Gasteiger partial charge on any atom is -0.494 e. The zero-order valence-electron chi connectivity index (χ0n) is 8.40. The summed E-state index contributed by atoms with van der Waals surface area (Å²) in [6.07, 6.45) is 2.20. The van der Waals surface area contributed by atoms with E-state index in [1.54, 1.807) is 12.1 Å². The third-order valence-corrected chi connectivity index (χ3v) is 1.82. The van der Waals surface area contributed by atoms with E-state index in [1.165, 1.54) is 0 Å². The molecule has 0 aliphatic carbocycles. The van der Waals surface area contributed by atoms with Gasteiger partial charge in [0, 0.05) is 0 Å². The van der Waals surface area contributed by atoms with Crippen LogP contribution in [0.2, 0.25) is 0 Å².